The van der Waals surface area contributed by atoms with E-state index in [1.807, 2.05) is 10.8 Å². The van der Waals surface area contributed by atoms with Crippen LogP contribution in [-0.4, -0.2) is 47.0 Å². The minimum atomic E-state index is -1.06. The first kappa shape index (κ1) is 26.9. The number of carbonyl (C=O) groups is 4. The average molecular weight is 521 g/mol. The second kappa shape index (κ2) is 12.3. The molecule has 0 radical (unpaired) electrons. The van der Waals surface area contributed by atoms with Gasteiger partial charge in [0.25, 0.3) is 11.8 Å². The summed E-state index contributed by atoms with van der Waals surface area (Å²) < 4.78 is 4.86. The maximum Gasteiger partial charge on any atom is 0.331 e. The smallest absolute Gasteiger partial charge is 0.331 e. The lowest BCUT2D eigenvalue weighted by atomic mass is 9.81. The zero-order valence-corrected chi connectivity index (χ0v) is 21.5. The molecular weight excluding hydrogens is 488 g/mol. The molecule has 0 saturated heterocycles. The highest BCUT2D eigenvalue weighted by Crippen LogP contribution is 2.30. The SMILES string of the molecule is COC(=O)C1(NC(=O)c2ccsc2)CCCCC1.O=C(NC1(C(=O)O)CCCCC1)c1ccsc1. The number of carbonyl (C=O) groups excluding carboxylic acids is 3. The van der Waals surface area contributed by atoms with E-state index in [4.69, 9.17) is 4.74 Å². The summed E-state index contributed by atoms with van der Waals surface area (Å²) in [5.41, 5.74) is -0.737. The summed E-state index contributed by atoms with van der Waals surface area (Å²) in [4.78, 5) is 47.3. The summed E-state index contributed by atoms with van der Waals surface area (Å²) in [6.07, 6.45) is 8.13. The molecule has 190 valence electrons. The highest BCUT2D eigenvalue weighted by molar-refractivity contribution is 7.08. The molecule has 35 heavy (non-hydrogen) atoms. The lowest BCUT2D eigenvalue weighted by Crippen LogP contribution is -2.56. The Hall–Kier alpha value is -2.72. The van der Waals surface area contributed by atoms with Crippen LogP contribution in [0.2, 0.25) is 0 Å². The van der Waals surface area contributed by atoms with Gasteiger partial charge < -0.3 is 20.5 Å². The van der Waals surface area contributed by atoms with Crippen LogP contribution in [0.5, 0.6) is 0 Å². The van der Waals surface area contributed by atoms with E-state index in [1.54, 1.807) is 22.9 Å². The van der Waals surface area contributed by atoms with Gasteiger partial charge in [0, 0.05) is 10.8 Å². The Labute approximate surface area is 213 Å². The number of hydrogen-bond donors (Lipinski definition) is 3. The van der Waals surface area contributed by atoms with Crippen molar-refractivity contribution in [1.29, 1.82) is 0 Å². The van der Waals surface area contributed by atoms with Crippen LogP contribution in [0.25, 0.3) is 0 Å². The highest BCUT2D eigenvalue weighted by atomic mass is 32.1. The van der Waals surface area contributed by atoms with Crippen LogP contribution in [0, 0.1) is 0 Å². The molecule has 10 heteroatoms. The summed E-state index contributed by atoms with van der Waals surface area (Å²) >= 11 is 2.89. The quantitative estimate of drug-likeness (QED) is 0.478. The fourth-order valence-electron chi connectivity index (χ4n) is 4.64. The molecule has 0 aromatic carbocycles. The van der Waals surface area contributed by atoms with Gasteiger partial charge in [-0.25, -0.2) is 9.59 Å². The number of thiophene rings is 2. The molecule has 0 spiro atoms. The number of rotatable bonds is 6. The van der Waals surface area contributed by atoms with Crippen molar-refractivity contribution >= 4 is 46.4 Å². The summed E-state index contributed by atoms with van der Waals surface area (Å²) in [7, 11) is 1.37. The standard InChI is InChI=1S/C13H17NO3S.C12H15NO3S/c1-17-12(16)13(6-3-2-4-7-13)14-11(15)10-5-8-18-9-10;14-10(9-4-7-17-8-9)13-12(11(15)16)5-2-1-3-6-12/h5,8-9H,2-4,6-7H2,1H3,(H,14,15);4,7-8H,1-3,5-6H2,(H,13,14)(H,15,16). The van der Waals surface area contributed by atoms with Crippen molar-refractivity contribution in [3.63, 3.8) is 0 Å². The van der Waals surface area contributed by atoms with Crippen LogP contribution >= 0.6 is 22.7 Å². The minimum absolute atomic E-state index is 0.191. The maximum atomic E-state index is 12.1. The van der Waals surface area contributed by atoms with Gasteiger partial charge >= 0.3 is 11.9 Å². The van der Waals surface area contributed by atoms with Crippen molar-refractivity contribution in [2.24, 2.45) is 0 Å². The third kappa shape index (κ3) is 6.70. The second-order valence-electron chi connectivity index (χ2n) is 9.01. The van der Waals surface area contributed by atoms with Gasteiger partial charge in [-0.1, -0.05) is 38.5 Å². The van der Waals surface area contributed by atoms with E-state index in [0.717, 1.165) is 38.5 Å². The number of nitrogens with one attached hydrogen (secondary N) is 2. The molecule has 2 amide bonds. The number of ether oxygens (including phenoxy) is 1. The molecule has 0 unspecified atom stereocenters. The van der Waals surface area contributed by atoms with Gasteiger partial charge in [0.1, 0.15) is 11.1 Å². The summed E-state index contributed by atoms with van der Waals surface area (Å²) in [5.74, 6) is -1.72. The molecule has 2 aromatic rings. The molecule has 0 bridgehead atoms. The molecule has 0 atom stereocenters. The van der Waals surface area contributed by atoms with Crippen LogP contribution in [-0.2, 0) is 14.3 Å². The molecule has 2 heterocycles. The normalized spacial score (nSPS) is 18.3. The van der Waals surface area contributed by atoms with Crippen LogP contribution in [0.3, 0.4) is 0 Å². The fourth-order valence-corrected chi connectivity index (χ4v) is 5.92. The van der Waals surface area contributed by atoms with Gasteiger partial charge in [-0.2, -0.15) is 22.7 Å². The Morgan fingerprint density at radius 1 is 0.771 bits per heavy atom. The Kier molecular flexibility index (Phi) is 9.45. The summed E-state index contributed by atoms with van der Waals surface area (Å²) in [6.45, 7) is 0. The van der Waals surface area contributed by atoms with Crippen molar-refractivity contribution in [1.82, 2.24) is 10.6 Å². The topological polar surface area (TPSA) is 122 Å². The van der Waals surface area contributed by atoms with Gasteiger partial charge in [0.15, 0.2) is 0 Å². The molecule has 0 aliphatic heterocycles. The van der Waals surface area contributed by atoms with Gasteiger partial charge in [0.2, 0.25) is 0 Å². The third-order valence-corrected chi connectivity index (χ3v) is 8.04. The first-order valence-corrected chi connectivity index (χ1v) is 13.7. The minimum Gasteiger partial charge on any atom is -0.480 e. The zero-order chi connectivity index (χ0) is 25.3. The van der Waals surface area contributed by atoms with E-state index in [-0.39, 0.29) is 17.8 Å². The summed E-state index contributed by atoms with van der Waals surface area (Å²) in [5, 5.41) is 22.1. The average Bonchev–Trinajstić information content (AvgIpc) is 3.60. The molecular formula is C25H32N2O6S2. The lowest BCUT2D eigenvalue weighted by Gasteiger charge is -2.35. The zero-order valence-electron chi connectivity index (χ0n) is 19.8. The number of methoxy groups -OCH3 is 1. The predicted octanol–water partition coefficient (Wildman–Crippen LogP) is 4.62. The first-order chi connectivity index (χ1) is 16.8. The molecule has 2 saturated carbocycles. The Morgan fingerprint density at radius 2 is 1.20 bits per heavy atom. The number of esters is 1. The molecule has 2 aliphatic carbocycles. The molecule has 4 rings (SSSR count). The van der Waals surface area contributed by atoms with E-state index >= 15 is 0 Å². The van der Waals surface area contributed by atoms with E-state index in [1.165, 1.54) is 29.8 Å². The molecule has 8 nitrogen and oxygen atoms in total. The Morgan fingerprint density at radius 3 is 1.57 bits per heavy atom. The molecule has 3 N–H and O–H groups in total. The van der Waals surface area contributed by atoms with Crippen LogP contribution in [0.15, 0.2) is 33.7 Å². The van der Waals surface area contributed by atoms with Gasteiger partial charge in [-0.3, -0.25) is 9.59 Å². The highest BCUT2D eigenvalue weighted by Gasteiger charge is 2.42. The van der Waals surface area contributed by atoms with Gasteiger partial charge in [-0.15, -0.1) is 0 Å². The van der Waals surface area contributed by atoms with Crippen LogP contribution in [0.1, 0.15) is 84.9 Å². The van der Waals surface area contributed by atoms with Crippen LogP contribution in [0.4, 0.5) is 0 Å². The van der Waals surface area contributed by atoms with Crippen molar-refractivity contribution in [3.8, 4) is 0 Å². The largest absolute Gasteiger partial charge is 0.480 e. The molecule has 2 aromatic heterocycles. The van der Waals surface area contributed by atoms with E-state index in [9.17, 15) is 24.3 Å². The number of carboxylic acid groups (broad SMARTS) is 1. The molecule has 2 aliphatic rings. The number of carboxylic acids is 1. The fraction of sp³-hybridized carbons (Fsp3) is 0.520. The Bertz CT molecular complexity index is 991. The summed E-state index contributed by atoms with van der Waals surface area (Å²) in [6, 6.07) is 3.46. The lowest BCUT2D eigenvalue weighted by molar-refractivity contribution is -0.149. The van der Waals surface area contributed by atoms with Gasteiger partial charge in [-0.05, 0) is 48.6 Å². The van der Waals surface area contributed by atoms with Crippen molar-refractivity contribution in [2.45, 2.75) is 75.3 Å². The molecule has 2 fully saturated rings. The number of amides is 2. The number of aliphatic carboxylic acids is 1. The number of hydrogen-bond acceptors (Lipinski definition) is 7. The monoisotopic (exact) mass is 520 g/mol. The van der Waals surface area contributed by atoms with Crippen molar-refractivity contribution in [2.75, 3.05) is 7.11 Å². The van der Waals surface area contributed by atoms with Crippen LogP contribution < -0.4 is 10.6 Å². The second-order valence-corrected chi connectivity index (χ2v) is 10.6. The predicted molar refractivity (Wildman–Crippen MR) is 135 cm³/mol. The Balaban J connectivity index is 0.000000196. The van der Waals surface area contributed by atoms with E-state index in [0.29, 0.717) is 36.8 Å². The van der Waals surface area contributed by atoms with E-state index in [2.05, 4.69) is 10.6 Å². The van der Waals surface area contributed by atoms with Gasteiger partial charge in [0.05, 0.1) is 18.2 Å². The van der Waals surface area contributed by atoms with E-state index < -0.39 is 17.0 Å². The first-order valence-electron chi connectivity index (χ1n) is 11.8. The third-order valence-electron chi connectivity index (χ3n) is 6.67. The van der Waals surface area contributed by atoms with Crippen molar-refractivity contribution in [3.05, 3.63) is 44.8 Å². The van der Waals surface area contributed by atoms with Crippen molar-refractivity contribution < 1.29 is 29.0 Å². The maximum absolute atomic E-state index is 12.1.